The molecule has 0 saturated carbocycles. The number of hydrogen-bond acceptors (Lipinski definition) is 6. The summed E-state index contributed by atoms with van der Waals surface area (Å²) in [6, 6.07) is 9.78. The minimum Gasteiger partial charge on any atom is -0.454 e. The Morgan fingerprint density at radius 3 is 2.41 bits per heavy atom. The number of nitrogens with zero attached hydrogens (tertiary/aromatic N) is 2. The first-order valence-electron chi connectivity index (χ1n) is 12.2. The fourth-order valence-electron chi connectivity index (χ4n) is 3.88. The third-order valence-corrected chi connectivity index (χ3v) is 7.42. The van der Waals surface area contributed by atoms with Gasteiger partial charge in [-0.3, -0.25) is 13.9 Å². The first kappa shape index (κ1) is 28.2. The maximum Gasteiger partial charge on any atom is 0.242 e. The highest BCUT2D eigenvalue weighted by Crippen LogP contribution is 2.36. The van der Waals surface area contributed by atoms with Crippen molar-refractivity contribution in [2.75, 3.05) is 23.9 Å². The molecule has 1 heterocycles. The highest BCUT2D eigenvalue weighted by molar-refractivity contribution is 7.92. The summed E-state index contributed by atoms with van der Waals surface area (Å²) in [6.45, 7) is 5.72. The summed E-state index contributed by atoms with van der Waals surface area (Å²) in [7, 11) is -3.64. The van der Waals surface area contributed by atoms with E-state index in [1.807, 2.05) is 13.8 Å². The van der Waals surface area contributed by atoms with Gasteiger partial charge in [0.05, 0.1) is 11.9 Å². The number of hydrogen-bond donors (Lipinski definition) is 1. The number of amides is 2. The Kier molecular flexibility index (Phi) is 9.36. The van der Waals surface area contributed by atoms with Gasteiger partial charge in [0.1, 0.15) is 11.9 Å². The average molecular weight is 536 g/mol. The number of carbonyl (C=O) groups is 2. The van der Waals surface area contributed by atoms with E-state index in [0.717, 1.165) is 12.7 Å². The zero-order chi connectivity index (χ0) is 27.2. The molecular weight excluding hydrogens is 501 g/mol. The number of sulfonamides is 1. The van der Waals surface area contributed by atoms with Gasteiger partial charge in [0, 0.05) is 31.6 Å². The number of rotatable bonds is 12. The molecule has 9 nitrogen and oxygen atoms in total. The molecule has 2 atom stereocenters. The SMILES string of the molecule is CC[C@@H](C)NC(=O)[C@@H](C)N(Cc1ccc(F)cc1)C(=O)CCCN(c1ccc2c(c1)OCO2)S(C)(=O)=O. The van der Waals surface area contributed by atoms with Gasteiger partial charge in [-0.15, -0.1) is 0 Å². The van der Waals surface area contributed by atoms with Crippen LogP contribution in [0.25, 0.3) is 0 Å². The zero-order valence-corrected chi connectivity index (χ0v) is 22.4. The van der Waals surface area contributed by atoms with Crippen molar-refractivity contribution in [2.45, 2.75) is 58.7 Å². The van der Waals surface area contributed by atoms with E-state index in [1.54, 1.807) is 37.3 Å². The fourth-order valence-corrected chi connectivity index (χ4v) is 4.84. The van der Waals surface area contributed by atoms with Crippen LogP contribution in [0.1, 0.15) is 45.6 Å². The van der Waals surface area contributed by atoms with E-state index in [9.17, 15) is 22.4 Å². The lowest BCUT2D eigenvalue weighted by Crippen LogP contribution is -2.49. The van der Waals surface area contributed by atoms with E-state index in [2.05, 4.69) is 5.32 Å². The first-order valence-corrected chi connectivity index (χ1v) is 14.1. The fraction of sp³-hybridized carbons (Fsp3) is 0.462. The van der Waals surface area contributed by atoms with Crippen LogP contribution in [-0.2, 0) is 26.2 Å². The van der Waals surface area contributed by atoms with E-state index in [0.29, 0.717) is 22.7 Å². The Labute approximate surface area is 217 Å². The van der Waals surface area contributed by atoms with Crippen LogP contribution in [0.4, 0.5) is 10.1 Å². The van der Waals surface area contributed by atoms with E-state index < -0.39 is 21.9 Å². The van der Waals surface area contributed by atoms with Gasteiger partial charge < -0.3 is 19.7 Å². The number of ether oxygens (including phenoxy) is 2. The molecule has 0 aromatic heterocycles. The minimum atomic E-state index is -3.64. The number of nitrogens with one attached hydrogen (secondary N) is 1. The van der Waals surface area contributed by atoms with E-state index in [-0.39, 0.29) is 50.6 Å². The van der Waals surface area contributed by atoms with Crippen molar-refractivity contribution in [3.8, 4) is 11.5 Å². The molecule has 0 aliphatic carbocycles. The van der Waals surface area contributed by atoms with Crippen LogP contribution >= 0.6 is 0 Å². The number of halogens is 1. The maximum atomic E-state index is 13.4. The Balaban J connectivity index is 1.72. The quantitative estimate of drug-likeness (QED) is 0.447. The third kappa shape index (κ3) is 7.58. The molecule has 0 bridgehead atoms. The van der Waals surface area contributed by atoms with Crippen molar-refractivity contribution in [1.29, 1.82) is 0 Å². The predicted octanol–water partition coefficient (Wildman–Crippen LogP) is 3.43. The Hall–Kier alpha value is -3.34. The first-order chi connectivity index (χ1) is 17.5. The molecule has 2 aromatic rings. The van der Waals surface area contributed by atoms with Crippen LogP contribution in [0.15, 0.2) is 42.5 Å². The molecule has 202 valence electrons. The molecule has 0 saturated heterocycles. The van der Waals surface area contributed by atoms with Crippen molar-refractivity contribution < 1.29 is 31.9 Å². The molecule has 2 aromatic carbocycles. The number of fused-ring (bicyclic) bond motifs is 1. The number of carbonyl (C=O) groups excluding carboxylic acids is 2. The second-order valence-electron chi connectivity index (χ2n) is 9.12. The van der Waals surface area contributed by atoms with Crippen LogP contribution in [-0.4, -0.2) is 56.8 Å². The van der Waals surface area contributed by atoms with Gasteiger partial charge in [-0.2, -0.15) is 0 Å². The van der Waals surface area contributed by atoms with Gasteiger partial charge in [-0.05, 0) is 56.5 Å². The summed E-state index contributed by atoms with van der Waals surface area (Å²) in [5.74, 6) is -0.00548. The summed E-state index contributed by atoms with van der Waals surface area (Å²) < 4.78 is 50.3. The highest BCUT2D eigenvalue weighted by Gasteiger charge is 2.27. The Bertz CT molecular complexity index is 1210. The summed E-state index contributed by atoms with van der Waals surface area (Å²) in [5.41, 5.74) is 1.08. The zero-order valence-electron chi connectivity index (χ0n) is 21.6. The molecule has 11 heteroatoms. The molecule has 3 rings (SSSR count). The standard InChI is InChI=1S/C26H34FN3O6S/c1-5-18(2)28-26(32)19(3)29(16-20-8-10-21(27)11-9-20)25(31)7-6-14-30(37(4,33)34)22-12-13-23-24(15-22)36-17-35-23/h8-13,15,18-19H,5-7,14,16-17H2,1-4H3,(H,28,32)/t18-,19-/m1/s1. The van der Waals surface area contributed by atoms with Gasteiger partial charge in [0.25, 0.3) is 0 Å². The second kappa shape index (κ2) is 12.3. The lowest BCUT2D eigenvalue weighted by Gasteiger charge is -2.30. The topological polar surface area (TPSA) is 105 Å². The van der Waals surface area contributed by atoms with Crippen LogP contribution in [0, 0.1) is 5.82 Å². The third-order valence-electron chi connectivity index (χ3n) is 6.23. The molecule has 0 spiro atoms. The lowest BCUT2D eigenvalue weighted by atomic mass is 10.1. The summed E-state index contributed by atoms with van der Waals surface area (Å²) in [5, 5.41) is 2.89. The molecule has 1 aliphatic rings. The van der Waals surface area contributed by atoms with Crippen molar-refractivity contribution in [3.63, 3.8) is 0 Å². The van der Waals surface area contributed by atoms with Gasteiger partial charge in [0.2, 0.25) is 28.6 Å². The average Bonchev–Trinajstić information content (AvgIpc) is 3.32. The smallest absolute Gasteiger partial charge is 0.242 e. The molecule has 0 fully saturated rings. The lowest BCUT2D eigenvalue weighted by molar-refractivity contribution is -0.140. The predicted molar refractivity (Wildman–Crippen MR) is 138 cm³/mol. The van der Waals surface area contributed by atoms with E-state index in [1.165, 1.54) is 21.3 Å². The molecule has 2 amide bonds. The normalized spacial score (nSPS) is 14.1. The maximum absolute atomic E-state index is 13.4. The molecule has 37 heavy (non-hydrogen) atoms. The van der Waals surface area contributed by atoms with Gasteiger partial charge in [-0.25, -0.2) is 12.8 Å². The Morgan fingerprint density at radius 1 is 1.08 bits per heavy atom. The molecule has 1 N–H and O–H groups in total. The minimum absolute atomic E-state index is 0.0126. The summed E-state index contributed by atoms with van der Waals surface area (Å²) in [6.07, 6.45) is 2.08. The van der Waals surface area contributed by atoms with E-state index in [4.69, 9.17) is 9.47 Å². The van der Waals surface area contributed by atoms with Crippen molar-refractivity contribution >= 4 is 27.5 Å². The number of anilines is 1. The van der Waals surface area contributed by atoms with Crippen LogP contribution in [0.2, 0.25) is 0 Å². The van der Waals surface area contributed by atoms with Crippen molar-refractivity contribution in [1.82, 2.24) is 10.2 Å². The van der Waals surface area contributed by atoms with Gasteiger partial charge >= 0.3 is 0 Å². The second-order valence-corrected chi connectivity index (χ2v) is 11.0. The molecule has 0 unspecified atom stereocenters. The van der Waals surface area contributed by atoms with Gasteiger partial charge in [0.15, 0.2) is 11.5 Å². The molecule has 0 radical (unpaired) electrons. The largest absolute Gasteiger partial charge is 0.454 e. The van der Waals surface area contributed by atoms with Crippen molar-refractivity contribution in [2.24, 2.45) is 0 Å². The highest BCUT2D eigenvalue weighted by atomic mass is 32.2. The van der Waals surface area contributed by atoms with Crippen LogP contribution in [0.3, 0.4) is 0 Å². The van der Waals surface area contributed by atoms with Gasteiger partial charge in [-0.1, -0.05) is 19.1 Å². The summed E-state index contributed by atoms with van der Waals surface area (Å²) >= 11 is 0. The Morgan fingerprint density at radius 2 is 1.76 bits per heavy atom. The molecular formula is C26H34FN3O6S. The number of benzene rings is 2. The van der Waals surface area contributed by atoms with Crippen LogP contribution in [0.5, 0.6) is 11.5 Å². The summed E-state index contributed by atoms with van der Waals surface area (Å²) in [4.78, 5) is 27.6. The molecule has 1 aliphatic heterocycles. The monoisotopic (exact) mass is 535 g/mol. The van der Waals surface area contributed by atoms with Crippen molar-refractivity contribution in [3.05, 3.63) is 53.8 Å². The van der Waals surface area contributed by atoms with E-state index >= 15 is 0 Å². The van der Waals surface area contributed by atoms with Crippen LogP contribution < -0.4 is 19.1 Å².